The third-order valence-electron chi connectivity index (χ3n) is 5.86. The van der Waals surface area contributed by atoms with Gasteiger partial charge < -0.3 is 14.8 Å². The topological polar surface area (TPSA) is 95.3 Å². The van der Waals surface area contributed by atoms with E-state index in [1.165, 1.54) is 16.4 Å². The molecule has 0 aliphatic heterocycles. The first-order valence-corrected chi connectivity index (χ1v) is 12.0. The molecular formula is C28H30N4O4. The third kappa shape index (κ3) is 5.22. The second kappa shape index (κ2) is 10.6. The van der Waals surface area contributed by atoms with E-state index in [4.69, 9.17) is 14.5 Å². The molecule has 2 aromatic carbocycles. The Hall–Kier alpha value is -4.20. The van der Waals surface area contributed by atoms with Gasteiger partial charge in [-0.15, -0.1) is 0 Å². The Morgan fingerprint density at radius 3 is 2.47 bits per heavy atom. The fraction of sp³-hybridized carbons (Fsp3) is 0.286. The van der Waals surface area contributed by atoms with Gasteiger partial charge in [-0.1, -0.05) is 44.2 Å². The van der Waals surface area contributed by atoms with Gasteiger partial charge in [-0.25, -0.2) is 9.78 Å². The van der Waals surface area contributed by atoms with Gasteiger partial charge in [0.15, 0.2) is 17.7 Å². The van der Waals surface area contributed by atoms with Crippen molar-refractivity contribution >= 4 is 28.6 Å². The number of hydrogen-bond acceptors (Lipinski definition) is 6. The number of esters is 1. The number of hydrogen-bond donors (Lipinski definition) is 1. The average Bonchev–Trinajstić information content (AvgIpc) is 3.28. The zero-order valence-corrected chi connectivity index (χ0v) is 21.1. The van der Waals surface area contributed by atoms with Crippen LogP contribution in [0.3, 0.4) is 0 Å². The van der Waals surface area contributed by atoms with Gasteiger partial charge in [0.05, 0.1) is 18.3 Å². The highest BCUT2D eigenvalue weighted by Crippen LogP contribution is 2.25. The maximum atomic E-state index is 13.1. The highest BCUT2D eigenvalue weighted by molar-refractivity contribution is 6.01. The normalized spacial score (nSPS) is 11.9. The van der Waals surface area contributed by atoms with E-state index in [0.717, 1.165) is 16.5 Å². The number of ether oxygens (including phenoxy) is 2. The van der Waals surface area contributed by atoms with Crippen LogP contribution in [-0.2, 0) is 9.53 Å². The van der Waals surface area contributed by atoms with Crippen molar-refractivity contribution in [2.24, 2.45) is 0 Å². The van der Waals surface area contributed by atoms with Crippen molar-refractivity contribution < 1.29 is 19.1 Å². The van der Waals surface area contributed by atoms with Gasteiger partial charge in [0, 0.05) is 5.39 Å². The number of benzene rings is 2. The molecule has 8 heteroatoms. The van der Waals surface area contributed by atoms with Gasteiger partial charge in [-0.2, -0.15) is 9.78 Å². The van der Waals surface area contributed by atoms with E-state index in [1.807, 2.05) is 61.5 Å². The summed E-state index contributed by atoms with van der Waals surface area (Å²) < 4.78 is 12.5. The Kier molecular flexibility index (Phi) is 7.33. The van der Waals surface area contributed by atoms with Crippen molar-refractivity contribution in [3.05, 3.63) is 77.5 Å². The van der Waals surface area contributed by atoms with E-state index in [0.29, 0.717) is 17.5 Å². The summed E-state index contributed by atoms with van der Waals surface area (Å²) in [6.45, 7) is 9.76. The van der Waals surface area contributed by atoms with Crippen molar-refractivity contribution in [2.75, 3.05) is 11.9 Å². The number of para-hydroxylation sites is 1. The van der Waals surface area contributed by atoms with E-state index < -0.39 is 18.0 Å². The van der Waals surface area contributed by atoms with Crippen molar-refractivity contribution in [1.82, 2.24) is 14.8 Å². The lowest BCUT2D eigenvalue weighted by atomic mass is 10.0. The second-order valence-electron chi connectivity index (χ2n) is 8.83. The first-order valence-electron chi connectivity index (χ1n) is 12.0. The molecule has 0 aliphatic rings. The molecule has 0 radical (unpaired) electrons. The van der Waals surface area contributed by atoms with Crippen LogP contribution in [0.1, 0.15) is 55.1 Å². The van der Waals surface area contributed by atoms with Crippen LogP contribution < -0.4 is 10.1 Å². The minimum Gasteiger partial charge on any atom is -0.481 e. The molecule has 0 fully saturated rings. The number of amides is 1. The van der Waals surface area contributed by atoms with Crippen LogP contribution in [0.5, 0.6) is 5.75 Å². The van der Waals surface area contributed by atoms with Crippen molar-refractivity contribution in [1.29, 1.82) is 0 Å². The quantitative estimate of drug-likeness (QED) is 0.334. The summed E-state index contributed by atoms with van der Waals surface area (Å²) in [4.78, 5) is 30.5. The predicted molar refractivity (Wildman–Crippen MR) is 139 cm³/mol. The number of carbonyl (C=O) groups excluding carboxylic acids is 2. The molecule has 0 saturated carbocycles. The van der Waals surface area contributed by atoms with Crippen molar-refractivity contribution in [2.45, 2.75) is 46.6 Å². The summed E-state index contributed by atoms with van der Waals surface area (Å²) >= 11 is 0. The summed E-state index contributed by atoms with van der Waals surface area (Å²) in [6.07, 6.45) is 0.537. The molecule has 0 bridgehead atoms. The Balaban J connectivity index is 1.64. The van der Waals surface area contributed by atoms with Gasteiger partial charge in [-0.05, 0) is 62.1 Å². The van der Waals surface area contributed by atoms with E-state index >= 15 is 0 Å². The van der Waals surface area contributed by atoms with Gasteiger partial charge in [0.25, 0.3) is 5.91 Å². The Bertz CT molecular complexity index is 1390. The second-order valence-corrected chi connectivity index (χ2v) is 8.83. The number of rotatable bonds is 8. The molecule has 0 aliphatic carbocycles. The van der Waals surface area contributed by atoms with Crippen LogP contribution in [0.2, 0.25) is 0 Å². The maximum Gasteiger partial charge on any atom is 0.343 e. The molecule has 8 nitrogen and oxygen atoms in total. The molecule has 1 atom stereocenters. The first-order chi connectivity index (χ1) is 17.3. The minimum atomic E-state index is -0.834. The van der Waals surface area contributed by atoms with E-state index in [9.17, 15) is 9.59 Å². The number of nitrogens with zero attached hydrogens (tertiary/aromatic N) is 3. The number of carbonyl (C=O) groups is 2. The van der Waals surface area contributed by atoms with Crippen LogP contribution in [0.15, 0.2) is 60.8 Å². The number of pyridine rings is 1. The Labute approximate surface area is 210 Å². The third-order valence-corrected chi connectivity index (χ3v) is 5.86. The van der Waals surface area contributed by atoms with E-state index in [-0.39, 0.29) is 18.0 Å². The van der Waals surface area contributed by atoms with Gasteiger partial charge in [0.1, 0.15) is 11.3 Å². The molecule has 0 saturated heterocycles. The smallest absolute Gasteiger partial charge is 0.343 e. The fourth-order valence-electron chi connectivity index (χ4n) is 3.85. The average molecular weight is 487 g/mol. The molecule has 0 spiro atoms. The first kappa shape index (κ1) is 24.9. The summed E-state index contributed by atoms with van der Waals surface area (Å²) in [7, 11) is 0. The largest absolute Gasteiger partial charge is 0.481 e. The monoisotopic (exact) mass is 486 g/mol. The maximum absolute atomic E-state index is 13.1. The standard InChI is InChI=1S/C28H30N4O4/c1-6-35-28(34)23-16-29-32(25-15-18(4)22-9-7-8-10-24(22)30-25)26(23)31-27(33)19(5)36-21-13-11-20(12-14-21)17(2)3/h7-17,19H,6H2,1-5H3,(H,31,33). The number of nitrogens with one attached hydrogen (secondary N) is 1. The highest BCUT2D eigenvalue weighted by Gasteiger charge is 2.25. The van der Waals surface area contributed by atoms with Crippen molar-refractivity contribution in [3.63, 3.8) is 0 Å². The Morgan fingerprint density at radius 1 is 1.06 bits per heavy atom. The Morgan fingerprint density at radius 2 is 1.78 bits per heavy atom. The fourth-order valence-corrected chi connectivity index (χ4v) is 3.85. The number of aromatic nitrogens is 3. The molecular weight excluding hydrogens is 456 g/mol. The van der Waals surface area contributed by atoms with Crippen LogP contribution in [0.25, 0.3) is 16.7 Å². The van der Waals surface area contributed by atoms with Gasteiger partial charge in [0.2, 0.25) is 0 Å². The SMILES string of the molecule is CCOC(=O)c1cnn(-c2cc(C)c3ccccc3n2)c1NC(=O)C(C)Oc1ccc(C(C)C)cc1. The molecule has 36 heavy (non-hydrogen) atoms. The molecule has 1 unspecified atom stereocenters. The molecule has 2 aromatic heterocycles. The van der Waals surface area contributed by atoms with Gasteiger partial charge >= 0.3 is 5.97 Å². The summed E-state index contributed by atoms with van der Waals surface area (Å²) in [5.41, 5.74) is 3.08. The highest BCUT2D eigenvalue weighted by atomic mass is 16.5. The lowest BCUT2D eigenvalue weighted by Gasteiger charge is -2.17. The van der Waals surface area contributed by atoms with E-state index in [1.54, 1.807) is 13.8 Å². The summed E-state index contributed by atoms with van der Waals surface area (Å²) in [6, 6.07) is 17.2. The van der Waals surface area contributed by atoms with Crippen LogP contribution in [0.4, 0.5) is 5.82 Å². The van der Waals surface area contributed by atoms with Crippen LogP contribution >= 0.6 is 0 Å². The van der Waals surface area contributed by atoms with E-state index in [2.05, 4.69) is 24.3 Å². The molecule has 4 aromatic rings. The van der Waals surface area contributed by atoms with Gasteiger partial charge in [-0.3, -0.25) is 4.79 Å². The predicted octanol–water partition coefficient (Wildman–Crippen LogP) is 5.44. The number of anilines is 1. The molecule has 2 heterocycles. The molecule has 186 valence electrons. The lowest BCUT2D eigenvalue weighted by Crippen LogP contribution is -2.31. The molecule has 1 N–H and O–H groups in total. The molecule has 1 amide bonds. The van der Waals surface area contributed by atoms with Crippen molar-refractivity contribution in [3.8, 4) is 11.6 Å². The molecule has 4 rings (SSSR count). The lowest BCUT2D eigenvalue weighted by molar-refractivity contribution is -0.122. The zero-order valence-electron chi connectivity index (χ0n) is 21.1. The summed E-state index contributed by atoms with van der Waals surface area (Å²) in [5, 5.41) is 8.18. The van der Waals surface area contributed by atoms with Crippen LogP contribution in [0, 0.1) is 6.92 Å². The zero-order chi connectivity index (χ0) is 25.8. The van der Waals surface area contributed by atoms with Crippen LogP contribution in [-0.4, -0.2) is 39.4 Å². The number of aryl methyl sites for hydroxylation is 1. The summed E-state index contributed by atoms with van der Waals surface area (Å²) in [5.74, 6) is 0.588. The minimum absolute atomic E-state index is 0.131. The number of fused-ring (bicyclic) bond motifs is 1.